The molecule has 0 radical (unpaired) electrons. The van der Waals surface area contributed by atoms with Crippen molar-refractivity contribution in [3.63, 3.8) is 0 Å². The van der Waals surface area contributed by atoms with Gasteiger partial charge < -0.3 is 14.5 Å². The van der Waals surface area contributed by atoms with Crippen molar-refractivity contribution >= 4 is 40.0 Å². The molecule has 6 rings (SSSR count). The van der Waals surface area contributed by atoms with E-state index in [-0.39, 0.29) is 28.8 Å². The Morgan fingerprint density at radius 3 is 2.52 bits per heavy atom. The van der Waals surface area contributed by atoms with Crippen molar-refractivity contribution in [3.8, 4) is 0 Å². The van der Waals surface area contributed by atoms with Crippen LogP contribution in [0.25, 0.3) is 16.5 Å². The molecule has 4 aliphatic rings. The third kappa shape index (κ3) is 4.66. The van der Waals surface area contributed by atoms with Crippen molar-refractivity contribution in [1.29, 1.82) is 0 Å². The number of aliphatic imine (C=N–C) groups is 1. The highest BCUT2D eigenvalue weighted by atomic mass is 16.6. The molecule has 0 saturated carbocycles. The number of hydrogen-bond acceptors (Lipinski definition) is 6. The molecule has 0 saturated heterocycles. The molecule has 9 nitrogen and oxygen atoms in total. The number of carbonyl (C=O) groups excluding carboxylic acids is 3. The number of carbonyl (C=O) groups is 3. The number of H-pyrrole nitrogens is 1. The highest BCUT2D eigenvalue weighted by Gasteiger charge is 2.58. The Bertz CT molecular complexity index is 1670. The van der Waals surface area contributed by atoms with Crippen LogP contribution in [0.4, 0.5) is 0 Å². The van der Waals surface area contributed by atoms with E-state index in [0.29, 0.717) is 29.9 Å². The van der Waals surface area contributed by atoms with Crippen LogP contribution in [0.3, 0.4) is 0 Å². The molecule has 3 unspecified atom stereocenters. The van der Waals surface area contributed by atoms with E-state index >= 15 is 0 Å². The summed E-state index contributed by atoms with van der Waals surface area (Å²) in [7, 11) is 0. The smallest absolute Gasteiger partial charge is 0.369 e. The second-order valence-electron chi connectivity index (χ2n) is 13.3. The molecule has 218 valence electrons. The lowest BCUT2D eigenvalue weighted by Gasteiger charge is -2.45. The second kappa shape index (κ2) is 9.74. The summed E-state index contributed by atoms with van der Waals surface area (Å²) in [6.07, 6.45) is 9.60. The predicted molar refractivity (Wildman–Crippen MR) is 160 cm³/mol. The minimum atomic E-state index is -0.665. The Morgan fingerprint density at radius 1 is 1.05 bits per heavy atom. The van der Waals surface area contributed by atoms with Crippen LogP contribution < -0.4 is 5.32 Å². The number of quaternary nitrogens is 1. The van der Waals surface area contributed by atoms with Gasteiger partial charge in [0.2, 0.25) is 6.04 Å². The van der Waals surface area contributed by atoms with E-state index in [4.69, 9.17) is 14.5 Å². The monoisotopic (exact) mass is 569 g/mol. The van der Waals surface area contributed by atoms with E-state index in [1.54, 1.807) is 6.20 Å². The topological polar surface area (TPSA) is 110 Å². The third-order valence-corrected chi connectivity index (χ3v) is 8.07. The zero-order chi connectivity index (χ0) is 30.0. The van der Waals surface area contributed by atoms with Gasteiger partial charge in [-0.25, -0.2) is 4.79 Å². The van der Waals surface area contributed by atoms with Gasteiger partial charge in [0.25, 0.3) is 11.8 Å². The maximum atomic E-state index is 13.8. The first-order valence-electron chi connectivity index (χ1n) is 14.3. The number of aromatic amines is 1. The first-order chi connectivity index (χ1) is 19.8. The Balaban J connectivity index is 1.50. The van der Waals surface area contributed by atoms with Crippen LogP contribution in [0.2, 0.25) is 0 Å². The molecule has 2 N–H and O–H groups in total. The first-order valence-corrected chi connectivity index (χ1v) is 14.3. The fourth-order valence-corrected chi connectivity index (χ4v) is 6.37. The largest absolute Gasteiger partial charge is 0.455 e. The number of para-hydroxylation sites is 1. The van der Waals surface area contributed by atoms with Crippen molar-refractivity contribution in [2.45, 2.75) is 64.8 Å². The molecule has 2 aromatic rings. The quantitative estimate of drug-likeness (QED) is 0.320. The molecule has 2 amide bonds. The Hall–Kier alpha value is -4.08. The third-order valence-electron chi connectivity index (χ3n) is 8.07. The van der Waals surface area contributed by atoms with E-state index in [9.17, 15) is 14.4 Å². The maximum absolute atomic E-state index is 13.8. The summed E-state index contributed by atoms with van der Waals surface area (Å²) in [5.74, 6) is -1.26. The second-order valence-corrected chi connectivity index (χ2v) is 13.3. The van der Waals surface area contributed by atoms with E-state index in [1.165, 1.54) is 0 Å². The molecule has 4 heterocycles. The molecule has 3 aliphatic heterocycles. The van der Waals surface area contributed by atoms with Gasteiger partial charge in [0, 0.05) is 33.8 Å². The Kier molecular flexibility index (Phi) is 6.51. The van der Waals surface area contributed by atoms with Gasteiger partial charge in [0.15, 0.2) is 6.73 Å². The number of imide groups is 1. The van der Waals surface area contributed by atoms with Crippen LogP contribution in [-0.4, -0.2) is 76.1 Å². The van der Waals surface area contributed by atoms with Crippen LogP contribution in [0.15, 0.2) is 76.5 Å². The van der Waals surface area contributed by atoms with E-state index in [2.05, 4.69) is 10.3 Å². The fourth-order valence-electron chi connectivity index (χ4n) is 6.37. The van der Waals surface area contributed by atoms with Gasteiger partial charge in [-0.15, -0.1) is 0 Å². The molecule has 9 heteroatoms. The number of rotatable bonds is 5. The summed E-state index contributed by atoms with van der Waals surface area (Å²) in [6.45, 7) is 12.6. The van der Waals surface area contributed by atoms with Crippen molar-refractivity contribution in [1.82, 2.24) is 10.3 Å². The van der Waals surface area contributed by atoms with E-state index in [0.717, 1.165) is 22.0 Å². The van der Waals surface area contributed by atoms with Gasteiger partial charge in [-0.05, 0) is 53.7 Å². The molecule has 1 aromatic carbocycles. The van der Waals surface area contributed by atoms with Crippen LogP contribution >= 0.6 is 0 Å². The summed E-state index contributed by atoms with van der Waals surface area (Å²) in [6, 6.07) is 6.70. The van der Waals surface area contributed by atoms with Crippen LogP contribution in [-0.2, 0) is 23.9 Å². The number of esters is 1. The first kappa shape index (κ1) is 28.1. The number of aromatic nitrogens is 1. The van der Waals surface area contributed by atoms with Crippen LogP contribution in [0.5, 0.6) is 0 Å². The van der Waals surface area contributed by atoms with Gasteiger partial charge in [0.05, 0.1) is 29.0 Å². The Labute approximate surface area is 245 Å². The lowest BCUT2D eigenvalue weighted by molar-refractivity contribution is -0.961. The molecule has 0 bridgehead atoms. The molecule has 0 fully saturated rings. The van der Waals surface area contributed by atoms with Gasteiger partial charge in [-0.1, -0.05) is 36.4 Å². The van der Waals surface area contributed by atoms with Gasteiger partial charge >= 0.3 is 5.97 Å². The number of nitrogens with one attached hydrogen (secondary N) is 2. The number of fused-ring (bicyclic) bond motifs is 1. The number of allylic oxidation sites excluding steroid dienone is 2. The normalized spacial score (nSPS) is 25.6. The average molecular weight is 570 g/mol. The number of nitrogens with zero attached hydrogens (tertiary/aromatic N) is 2. The lowest BCUT2D eigenvalue weighted by atomic mass is 9.85. The standard InChI is InChI=1S/C33H36N4O5/c1-32(2,3)41-18-37-15-14-34-27(21-12-9-10-19(28(21)37)16-24(37)31(40)42-33(4,5)6)26-25(29(38)36-30(26)39)22-17-35-23-13-8-7-11-20(22)23/h7-13,16-17,24,28H,14-15,18H2,1-6H3,(H-,34,35,36,38,39)/p+1. The van der Waals surface area contributed by atoms with E-state index < -0.39 is 29.1 Å². The van der Waals surface area contributed by atoms with Crippen LogP contribution in [0.1, 0.15) is 47.1 Å². The number of benzene rings is 1. The zero-order valence-electron chi connectivity index (χ0n) is 24.9. The maximum Gasteiger partial charge on any atom is 0.369 e. The number of ether oxygens (including phenoxy) is 2. The molecular weight excluding hydrogens is 532 g/mol. The van der Waals surface area contributed by atoms with Gasteiger partial charge in [0.1, 0.15) is 18.2 Å². The molecule has 1 aromatic heterocycles. The van der Waals surface area contributed by atoms with Crippen molar-refractivity contribution in [2.75, 3.05) is 19.8 Å². The average Bonchev–Trinajstić information content (AvgIpc) is 3.52. The Morgan fingerprint density at radius 2 is 1.79 bits per heavy atom. The number of amides is 2. The van der Waals surface area contributed by atoms with Gasteiger partial charge in [-0.3, -0.25) is 24.4 Å². The lowest BCUT2D eigenvalue weighted by Crippen LogP contribution is -2.64. The molecular formula is C33H37N4O5+. The molecule has 0 spiro atoms. The fraction of sp³-hybridized carbons (Fsp3) is 0.394. The summed E-state index contributed by atoms with van der Waals surface area (Å²) >= 11 is 0. The highest BCUT2D eigenvalue weighted by molar-refractivity contribution is 6.48. The molecule has 42 heavy (non-hydrogen) atoms. The molecule has 1 aliphatic carbocycles. The summed E-state index contributed by atoms with van der Waals surface area (Å²) in [4.78, 5) is 48.8. The van der Waals surface area contributed by atoms with Crippen LogP contribution in [0, 0.1) is 0 Å². The summed E-state index contributed by atoms with van der Waals surface area (Å²) in [5, 5.41) is 3.36. The SMILES string of the molecule is CC(C)(C)OC[N+]12CCN=C(C3=C(c4c[nH]c5ccccc45)C(=O)NC3=O)C3=CC=CC(=CC1C(=O)OC(C)(C)C)C32. The molecule has 3 atom stereocenters. The van der Waals surface area contributed by atoms with E-state index in [1.807, 2.05) is 90.1 Å². The van der Waals surface area contributed by atoms with Gasteiger partial charge in [-0.2, -0.15) is 0 Å². The summed E-state index contributed by atoms with van der Waals surface area (Å²) in [5.41, 5.74) is 3.13. The van der Waals surface area contributed by atoms with Crippen molar-refractivity contribution < 1.29 is 28.3 Å². The zero-order valence-corrected chi connectivity index (χ0v) is 24.9. The van der Waals surface area contributed by atoms with Crippen molar-refractivity contribution in [2.24, 2.45) is 4.99 Å². The summed E-state index contributed by atoms with van der Waals surface area (Å²) < 4.78 is 12.6. The highest BCUT2D eigenvalue weighted by Crippen LogP contribution is 2.44. The van der Waals surface area contributed by atoms with Crippen molar-refractivity contribution in [3.05, 3.63) is 77.0 Å². The minimum absolute atomic E-state index is 0.232. The predicted octanol–water partition coefficient (Wildman–Crippen LogP) is 4.14. The minimum Gasteiger partial charge on any atom is -0.455 e. The number of hydrogen-bond donors (Lipinski definition) is 2.